The van der Waals surface area contributed by atoms with Crippen LogP contribution < -0.4 is 5.32 Å². The Morgan fingerprint density at radius 2 is 2.24 bits per heavy atom. The highest BCUT2D eigenvalue weighted by atomic mass is 32.1. The maximum absolute atomic E-state index is 14.1. The van der Waals surface area contributed by atoms with Crippen LogP contribution in [0, 0.1) is 5.82 Å². The zero-order valence-corrected chi connectivity index (χ0v) is 12.5. The van der Waals surface area contributed by atoms with Gasteiger partial charge in [0.1, 0.15) is 5.82 Å². The van der Waals surface area contributed by atoms with Crippen LogP contribution in [0.2, 0.25) is 0 Å². The Kier molecular flexibility index (Phi) is 4.22. The highest BCUT2D eigenvalue weighted by Crippen LogP contribution is 2.27. The molecule has 3 aromatic rings. The number of pyridine rings is 2. The Labute approximate surface area is 126 Å². The Balaban J connectivity index is 2.03. The molecule has 3 heterocycles. The summed E-state index contributed by atoms with van der Waals surface area (Å²) in [6, 6.07) is 5.60. The van der Waals surface area contributed by atoms with Gasteiger partial charge in [-0.15, -0.1) is 11.3 Å². The van der Waals surface area contributed by atoms with E-state index >= 15 is 0 Å². The third-order valence-electron chi connectivity index (χ3n) is 3.37. The topological polar surface area (TPSA) is 37.8 Å². The van der Waals surface area contributed by atoms with Crippen LogP contribution in [0.3, 0.4) is 0 Å². The molecule has 3 rings (SSSR count). The number of rotatable bonds is 5. The second-order valence-corrected chi connectivity index (χ2v) is 5.80. The Morgan fingerprint density at radius 1 is 1.33 bits per heavy atom. The Bertz CT molecular complexity index is 741. The van der Waals surface area contributed by atoms with Gasteiger partial charge >= 0.3 is 0 Å². The van der Waals surface area contributed by atoms with Gasteiger partial charge in [-0.05, 0) is 42.1 Å². The molecule has 3 nitrogen and oxygen atoms in total. The van der Waals surface area contributed by atoms with Gasteiger partial charge in [0.05, 0.1) is 22.5 Å². The van der Waals surface area contributed by atoms with Gasteiger partial charge in [0.15, 0.2) is 0 Å². The monoisotopic (exact) mass is 301 g/mol. The number of hydrogen-bond acceptors (Lipinski definition) is 4. The first-order valence-electron chi connectivity index (χ1n) is 6.95. The average molecular weight is 301 g/mol. The van der Waals surface area contributed by atoms with Gasteiger partial charge in [0.25, 0.3) is 0 Å². The number of aromatic nitrogens is 2. The molecule has 0 saturated carbocycles. The first-order chi connectivity index (χ1) is 10.3. The normalized spacial score (nSPS) is 12.7. The molecule has 3 aromatic heterocycles. The van der Waals surface area contributed by atoms with E-state index in [0.29, 0.717) is 5.56 Å². The van der Waals surface area contributed by atoms with Crippen molar-refractivity contribution in [3.05, 3.63) is 59.1 Å². The molecule has 108 valence electrons. The summed E-state index contributed by atoms with van der Waals surface area (Å²) in [5.41, 5.74) is 2.56. The maximum atomic E-state index is 14.1. The number of nitrogens with one attached hydrogen (secondary N) is 1. The second-order valence-electron chi connectivity index (χ2n) is 4.86. The van der Waals surface area contributed by atoms with E-state index in [9.17, 15) is 4.39 Å². The molecule has 0 aliphatic heterocycles. The molecule has 0 aliphatic rings. The molecule has 1 N–H and O–H groups in total. The van der Waals surface area contributed by atoms with Gasteiger partial charge in [0.2, 0.25) is 0 Å². The largest absolute Gasteiger partial charge is 0.306 e. The van der Waals surface area contributed by atoms with Crippen molar-refractivity contribution in [1.29, 1.82) is 0 Å². The van der Waals surface area contributed by atoms with Crippen LogP contribution in [0.5, 0.6) is 0 Å². The molecule has 1 atom stereocenters. The van der Waals surface area contributed by atoms with Gasteiger partial charge in [-0.2, -0.15) is 0 Å². The lowest BCUT2D eigenvalue weighted by Gasteiger charge is -2.19. The van der Waals surface area contributed by atoms with Crippen LogP contribution in [-0.2, 0) is 0 Å². The molecule has 0 spiro atoms. The quantitative estimate of drug-likeness (QED) is 0.776. The van der Waals surface area contributed by atoms with E-state index < -0.39 is 0 Å². The van der Waals surface area contributed by atoms with E-state index in [-0.39, 0.29) is 11.9 Å². The molecule has 0 saturated heterocycles. The summed E-state index contributed by atoms with van der Waals surface area (Å²) >= 11 is 1.65. The molecule has 21 heavy (non-hydrogen) atoms. The molecular formula is C16H16FN3S. The lowest BCUT2D eigenvalue weighted by atomic mass is 10.0. The molecule has 0 radical (unpaired) electrons. The fourth-order valence-corrected chi connectivity index (χ4v) is 3.12. The van der Waals surface area contributed by atoms with E-state index in [1.807, 2.05) is 17.6 Å². The fraction of sp³-hybridized carbons (Fsp3) is 0.250. The van der Waals surface area contributed by atoms with E-state index in [4.69, 9.17) is 0 Å². The summed E-state index contributed by atoms with van der Waals surface area (Å²) in [7, 11) is 0. The summed E-state index contributed by atoms with van der Waals surface area (Å²) in [4.78, 5) is 8.28. The third-order valence-corrected chi connectivity index (χ3v) is 4.22. The van der Waals surface area contributed by atoms with Crippen LogP contribution >= 0.6 is 11.3 Å². The number of nitrogens with zero attached hydrogens (tertiary/aromatic N) is 2. The van der Waals surface area contributed by atoms with Crippen molar-refractivity contribution in [2.24, 2.45) is 0 Å². The van der Waals surface area contributed by atoms with E-state index in [1.165, 1.54) is 6.20 Å². The molecule has 0 fully saturated rings. The second kappa shape index (κ2) is 6.28. The molecule has 0 bridgehead atoms. The first-order valence-corrected chi connectivity index (χ1v) is 7.83. The predicted octanol–water partition coefficient (Wildman–Crippen LogP) is 3.92. The van der Waals surface area contributed by atoms with E-state index in [1.54, 1.807) is 23.6 Å². The number of fused-ring (bicyclic) bond motifs is 1. The zero-order valence-electron chi connectivity index (χ0n) is 11.7. The van der Waals surface area contributed by atoms with Crippen LogP contribution in [0.15, 0.2) is 42.2 Å². The standard InChI is InChI=1S/C16H16FN3S/c1-2-5-19-16(12-3-6-18-10-13(12)17)11-8-15-14(20-9-11)4-7-21-15/h3-4,6-10,16,19H,2,5H2,1H3. The van der Waals surface area contributed by atoms with E-state index in [0.717, 1.165) is 28.7 Å². The molecule has 0 aromatic carbocycles. The Morgan fingerprint density at radius 3 is 3.05 bits per heavy atom. The summed E-state index contributed by atoms with van der Waals surface area (Å²) < 4.78 is 15.2. The zero-order chi connectivity index (χ0) is 14.7. The highest BCUT2D eigenvalue weighted by Gasteiger charge is 2.18. The van der Waals surface area contributed by atoms with Crippen molar-refractivity contribution in [1.82, 2.24) is 15.3 Å². The smallest absolute Gasteiger partial charge is 0.146 e. The summed E-state index contributed by atoms with van der Waals surface area (Å²) in [5, 5.41) is 5.41. The first kappa shape index (κ1) is 14.1. The van der Waals surface area contributed by atoms with Crippen molar-refractivity contribution in [2.75, 3.05) is 6.54 Å². The van der Waals surface area contributed by atoms with Gasteiger partial charge in [-0.1, -0.05) is 6.92 Å². The van der Waals surface area contributed by atoms with Crippen molar-refractivity contribution in [3.63, 3.8) is 0 Å². The van der Waals surface area contributed by atoms with Crippen molar-refractivity contribution < 1.29 is 4.39 Å². The third kappa shape index (κ3) is 2.94. The summed E-state index contributed by atoms with van der Waals surface area (Å²) in [6.45, 7) is 2.91. The fourth-order valence-electron chi connectivity index (χ4n) is 2.34. The van der Waals surface area contributed by atoms with Crippen LogP contribution in [-0.4, -0.2) is 16.5 Å². The van der Waals surface area contributed by atoms with Gasteiger partial charge in [-0.25, -0.2) is 4.39 Å². The predicted molar refractivity (Wildman–Crippen MR) is 84.0 cm³/mol. The van der Waals surface area contributed by atoms with Crippen LogP contribution in [0.25, 0.3) is 10.2 Å². The molecular weight excluding hydrogens is 285 g/mol. The minimum atomic E-state index is -0.294. The highest BCUT2D eigenvalue weighted by molar-refractivity contribution is 7.17. The molecule has 1 unspecified atom stereocenters. The lowest BCUT2D eigenvalue weighted by molar-refractivity contribution is 0.542. The van der Waals surface area contributed by atoms with Crippen LogP contribution in [0.4, 0.5) is 4.39 Å². The molecule has 0 amide bonds. The maximum Gasteiger partial charge on any atom is 0.146 e. The van der Waals surface area contributed by atoms with Crippen molar-refractivity contribution in [2.45, 2.75) is 19.4 Å². The minimum absolute atomic E-state index is 0.202. The van der Waals surface area contributed by atoms with Gasteiger partial charge in [0, 0.05) is 18.0 Å². The number of thiophene rings is 1. The van der Waals surface area contributed by atoms with Crippen molar-refractivity contribution in [3.8, 4) is 0 Å². The van der Waals surface area contributed by atoms with Crippen molar-refractivity contribution >= 4 is 21.6 Å². The summed E-state index contributed by atoms with van der Waals surface area (Å²) in [6.07, 6.45) is 5.68. The number of hydrogen-bond donors (Lipinski definition) is 1. The Hall–Kier alpha value is -1.85. The SMILES string of the molecule is CCCNC(c1cnc2ccsc2c1)c1ccncc1F. The molecule has 5 heteroatoms. The summed E-state index contributed by atoms with van der Waals surface area (Å²) in [5.74, 6) is -0.294. The average Bonchev–Trinajstić information content (AvgIpc) is 2.97. The lowest BCUT2D eigenvalue weighted by Crippen LogP contribution is -2.24. The van der Waals surface area contributed by atoms with Gasteiger partial charge < -0.3 is 5.32 Å². The minimum Gasteiger partial charge on any atom is -0.306 e. The van der Waals surface area contributed by atoms with E-state index in [2.05, 4.69) is 28.3 Å². The van der Waals surface area contributed by atoms with Gasteiger partial charge in [-0.3, -0.25) is 9.97 Å². The van der Waals surface area contributed by atoms with Crippen LogP contribution in [0.1, 0.15) is 30.5 Å². The number of halogens is 1. The molecule has 0 aliphatic carbocycles.